The van der Waals surface area contributed by atoms with E-state index in [-0.39, 0.29) is 5.66 Å². The average Bonchev–Trinajstić information content (AvgIpc) is 3.10. The number of ketones is 1. The Morgan fingerprint density at radius 2 is 1.83 bits per heavy atom. The molecule has 3 aliphatic carbocycles. The minimum atomic E-state index is 0.00976. The third-order valence-corrected chi connectivity index (χ3v) is 8.76. The van der Waals surface area contributed by atoms with E-state index in [0.29, 0.717) is 23.5 Å². The van der Waals surface area contributed by atoms with Gasteiger partial charge in [-0.2, -0.15) is 0 Å². The molecule has 1 N–H and O–H groups in total. The molecule has 0 amide bonds. The molecule has 29 heavy (non-hydrogen) atoms. The smallest absolute Gasteiger partial charge is 0.135 e. The van der Waals surface area contributed by atoms with Gasteiger partial charge in [-0.15, -0.1) is 0 Å². The number of benzene rings is 1. The van der Waals surface area contributed by atoms with Crippen molar-refractivity contribution >= 4 is 17.2 Å². The predicted molar refractivity (Wildman–Crippen MR) is 118 cm³/mol. The second-order valence-corrected chi connectivity index (χ2v) is 10.2. The van der Waals surface area contributed by atoms with Gasteiger partial charge >= 0.3 is 0 Å². The first-order valence-corrected chi connectivity index (χ1v) is 12.2. The average molecular weight is 391 g/mol. The Morgan fingerprint density at radius 3 is 2.76 bits per heavy atom. The number of rotatable bonds is 2. The van der Waals surface area contributed by atoms with Crippen molar-refractivity contribution in [2.75, 3.05) is 10.2 Å². The van der Waals surface area contributed by atoms with E-state index in [4.69, 9.17) is 0 Å². The summed E-state index contributed by atoms with van der Waals surface area (Å²) in [5.74, 6) is 2.09. The number of fused-ring (bicyclic) bond motifs is 3. The first-order chi connectivity index (χ1) is 14.3. The van der Waals surface area contributed by atoms with E-state index >= 15 is 0 Å². The van der Waals surface area contributed by atoms with Crippen molar-refractivity contribution in [3.63, 3.8) is 0 Å². The zero-order chi connectivity index (χ0) is 19.4. The van der Waals surface area contributed by atoms with Gasteiger partial charge < -0.3 is 10.2 Å². The lowest BCUT2D eigenvalue weighted by Crippen LogP contribution is -2.65. The molecular weight excluding hydrogens is 356 g/mol. The summed E-state index contributed by atoms with van der Waals surface area (Å²) in [7, 11) is 0. The first-order valence-electron chi connectivity index (χ1n) is 12.2. The van der Waals surface area contributed by atoms with Crippen LogP contribution in [0.4, 0.5) is 11.4 Å². The summed E-state index contributed by atoms with van der Waals surface area (Å²) in [5, 5.41) is 4.12. The Balaban J connectivity index is 1.45. The van der Waals surface area contributed by atoms with E-state index in [2.05, 4.69) is 34.5 Å². The van der Waals surface area contributed by atoms with Gasteiger partial charge in [-0.05, 0) is 76.3 Å². The Hall–Kier alpha value is -1.77. The molecule has 3 heteroatoms. The number of hydrogen-bond donors (Lipinski definition) is 1. The highest BCUT2D eigenvalue weighted by Crippen LogP contribution is 2.60. The Kier molecular flexibility index (Phi) is 4.28. The molecule has 2 fully saturated rings. The fraction of sp³-hybridized carbons (Fsp3) is 0.654. The molecule has 1 spiro atoms. The van der Waals surface area contributed by atoms with Crippen LogP contribution >= 0.6 is 0 Å². The topological polar surface area (TPSA) is 32.3 Å². The van der Waals surface area contributed by atoms with Crippen molar-refractivity contribution in [2.45, 2.75) is 89.1 Å². The van der Waals surface area contributed by atoms with Gasteiger partial charge in [0.2, 0.25) is 0 Å². The van der Waals surface area contributed by atoms with Crippen LogP contribution in [0.5, 0.6) is 0 Å². The maximum atomic E-state index is 12.7. The number of hydrogen-bond acceptors (Lipinski definition) is 3. The minimum Gasteiger partial charge on any atom is -0.360 e. The van der Waals surface area contributed by atoms with Crippen LogP contribution in [-0.2, 0) is 4.79 Å². The van der Waals surface area contributed by atoms with Crippen LogP contribution in [0.2, 0.25) is 0 Å². The molecule has 2 saturated carbocycles. The van der Waals surface area contributed by atoms with E-state index in [9.17, 15) is 4.79 Å². The largest absolute Gasteiger partial charge is 0.360 e. The molecule has 4 unspecified atom stereocenters. The molecule has 0 aromatic heterocycles. The Labute approximate surface area is 174 Å². The summed E-state index contributed by atoms with van der Waals surface area (Å²) < 4.78 is 0. The van der Waals surface area contributed by atoms with E-state index < -0.39 is 0 Å². The zero-order valence-corrected chi connectivity index (χ0v) is 17.6. The standard InChI is InChI=1S/C26H34N2O/c29-25-15-6-2-9-19(25)17-21-11-7-10-20-16-18-8-1-4-13-23(18)28-24-14-5-3-12-22(24)27-26(20,21)28/h3,5,12,14,19-21,27H,1-2,4,6-11,13,15-17H2. The highest BCUT2D eigenvalue weighted by Gasteiger charge is 2.59. The third-order valence-electron chi connectivity index (χ3n) is 8.76. The van der Waals surface area contributed by atoms with E-state index in [0.717, 1.165) is 25.7 Å². The van der Waals surface area contributed by atoms with E-state index in [1.54, 1.807) is 11.3 Å². The number of para-hydroxylation sites is 2. The van der Waals surface area contributed by atoms with Crippen molar-refractivity contribution in [3.05, 3.63) is 35.5 Å². The van der Waals surface area contributed by atoms with Gasteiger partial charge in [0.05, 0.1) is 11.4 Å². The number of Topliss-reactive ketones (excluding diaryl/α,β-unsaturated/α-hetero) is 1. The van der Waals surface area contributed by atoms with Gasteiger partial charge in [-0.3, -0.25) is 4.79 Å². The van der Waals surface area contributed by atoms with Crippen LogP contribution in [0.1, 0.15) is 83.5 Å². The quantitative estimate of drug-likeness (QED) is 0.633. The fourth-order valence-electron chi connectivity index (χ4n) is 7.51. The summed E-state index contributed by atoms with van der Waals surface area (Å²) in [6.45, 7) is 0. The van der Waals surface area contributed by atoms with Crippen molar-refractivity contribution in [1.82, 2.24) is 0 Å². The van der Waals surface area contributed by atoms with Crippen LogP contribution in [0.3, 0.4) is 0 Å². The molecule has 3 nitrogen and oxygen atoms in total. The van der Waals surface area contributed by atoms with Crippen LogP contribution < -0.4 is 10.2 Å². The summed E-state index contributed by atoms with van der Waals surface area (Å²) in [5.41, 5.74) is 6.10. The Morgan fingerprint density at radius 1 is 0.966 bits per heavy atom. The lowest BCUT2D eigenvalue weighted by atomic mass is 9.62. The maximum Gasteiger partial charge on any atom is 0.135 e. The monoisotopic (exact) mass is 390 g/mol. The van der Waals surface area contributed by atoms with Crippen LogP contribution in [0.15, 0.2) is 35.5 Å². The lowest BCUT2D eigenvalue weighted by Gasteiger charge is -2.58. The minimum absolute atomic E-state index is 0.00976. The highest BCUT2D eigenvalue weighted by molar-refractivity contribution is 5.83. The second kappa shape index (κ2) is 6.89. The summed E-state index contributed by atoms with van der Waals surface area (Å²) in [4.78, 5) is 15.5. The SMILES string of the molecule is O=C1CCCCC1CC1CCCC2CC3=C(CCCC3)N3c4ccccc4NC213. The van der Waals surface area contributed by atoms with Gasteiger partial charge in [0.15, 0.2) is 0 Å². The number of anilines is 2. The van der Waals surface area contributed by atoms with E-state index in [1.807, 2.05) is 0 Å². The van der Waals surface area contributed by atoms with Crippen molar-refractivity contribution in [2.24, 2.45) is 17.8 Å². The number of carbonyl (C=O) groups is 1. The van der Waals surface area contributed by atoms with Crippen LogP contribution in [-0.4, -0.2) is 11.4 Å². The summed E-state index contributed by atoms with van der Waals surface area (Å²) in [6, 6.07) is 8.99. The summed E-state index contributed by atoms with van der Waals surface area (Å²) >= 11 is 0. The fourth-order valence-corrected chi connectivity index (χ4v) is 7.51. The molecule has 0 bridgehead atoms. The third kappa shape index (κ3) is 2.65. The first kappa shape index (κ1) is 18.0. The molecular formula is C26H34N2O. The molecule has 2 heterocycles. The predicted octanol–water partition coefficient (Wildman–Crippen LogP) is 6.41. The number of carbonyl (C=O) groups excluding carboxylic acids is 1. The summed E-state index contributed by atoms with van der Waals surface area (Å²) in [6.07, 6.45) is 15.8. The molecule has 154 valence electrons. The van der Waals surface area contributed by atoms with Crippen LogP contribution in [0, 0.1) is 17.8 Å². The molecule has 0 radical (unpaired) electrons. The van der Waals surface area contributed by atoms with Gasteiger partial charge in [-0.1, -0.05) is 30.5 Å². The normalized spacial score (nSPS) is 36.1. The molecule has 1 aromatic carbocycles. The lowest BCUT2D eigenvalue weighted by molar-refractivity contribution is -0.125. The van der Waals surface area contributed by atoms with Crippen molar-refractivity contribution < 1.29 is 4.79 Å². The van der Waals surface area contributed by atoms with Crippen LogP contribution in [0.25, 0.3) is 0 Å². The molecule has 4 atom stereocenters. The highest BCUT2D eigenvalue weighted by atomic mass is 16.1. The molecule has 5 aliphatic rings. The second-order valence-electron chi connectivity index (χ2n) is 10.2. The zero-order valence-electron chi connectivity index (χ0n) is 17.6. The maximum absolute atomic E-state index is 12.7. The molecule has 6 rings (SSSR count). The molecule has 2 aliphatic heterocycles. The number of nitrogens with one attached hydrogen (secondary N) is 1. The molecule has 0 saturated heterocycles. The van der Waals surface area contributed by atoms with Gasteiger partial charge in [0.1, 0.15) is 11.4 Å². The molecule has 1 aromatic rings. The number of nitrogens with zero attached hydrogens (tertiary/aromatic N) is 1. The van der Waals surface area contributed by atoms with Gasteiger partial charge in [-0.25, -0.2) is 0 Å². The van der Waals surface area contributed by atoms with Crippen molar-refractivity contribution in [1.29, 1.82) is 0 Å². The van der Waals surface area contributed by atoms with Crippen molar-refractivity contribution in [3.8, 4) is 0 Å². The van der Waals surface area contributed by atoms with E-state index in [1.165, 1.54) is 69.2 Å². The van der Waals surface area contributed by atoms with Gasteiger partial charge in [0.25, 0.3) is 0 Å². The number of allylic oxidation sites excluding steroid dienone is 2. The van der Waals surface area contributed by atoms with Gasteiger partial charge in [0, 0.05) is 29.9 Å². The Bertz CT molecular complexity index is 858.